The molecular weight excluding hydrogens is 368 g/mol. The van der Waals surface area contributed by atoms with Crippen LogP contribution < -0.4 is 10.9 Å². The van der Waals surface area contributed by atoms with Crippen molar-refractivity contribution in [3.8, 4) is 5.69 Å². The van der Waals surface area contributed by atoms with Crippen molar-refractivity contribution in [3.63, 3.8) is 0 Å². The summed E-state index contributed by atoms with van der Waals surface area (Å²) in [6, 6.07) is 10.4. The first kappa shape index (κ1) is 17.4. The van der Waals surface area contributed by atoms with Gasteiger partial charge >= 0.3 is 0 Å². The van der Waals surface area contributed by atoms with Crippen molar-refractivity contribution < 1.29 is 0 Å². The van der Waals surface area contributed by atoms with E-state index in [2.05, 4.69) is 15.3 Å². The lowest BCUT2D eigenvalue weighted by molar-refractivity contribution is 0.463. The van der Waals surface area contributed by atoms with Crippen LogP contribution in [-0.4, -0.2) is 20.6 Å². The average molecular weight is 391 g/mol. The zero-order chi connectivity index (χ0) is 19.1. The molecule has 0 radical (unpaired) electrons. The summed E-state index contributed by atoms with van der Waals surface area (Å²) in [5.41, 5.74) is 3.75. The number of aromatic nitrogens is 3. The molecule has 0 bridgehead atoms. The lowest BCUT2D eigenvalue weighted by atomic mass is 9.95. The molecule has 0 spiro atoms. The fourth-order valence-electron chi connectivity index (χ4n) is 4.03. The van der Waals surface area contributed by atoms with Crippen molar-refractivity contribution in [1.82, 2.24) is 14.5 Å². The monoisotopic (exact) mass is 390 g/mol. The predicted molar refractivity (Wildman–Crippen MR) is 116 cm³/mol. The molecule has 0 atom stereocenters. The van der Waals surface area contributed by atoms with E-state index in [9.17, 15) is 4.79 Å². The van der Waals surface area contributed by atoms with Crippen LogP contribution >= 0.6 is 11.3 Å². The predicted octanol–water partition coefficient (Wildman–Crippen LogP) is 5.05. The standard InChI is InChI=1S/C22H22N4OS/c1-14-7-9-16(10-8-14)26-13-24-19-18-17(25-15-5-3-2-4-6-15)11-12-23-21(18)28-20(19)22(26)27/h7-13,15H,2-6H2,1H3,(H,23,25). The molecule has 0 saturated heterocycles. The summed E-state index contributed by atoms with van der Waals surface area (Å²) in [6.45, 7) is 2.03. The SMILES string of the molecule is Cc1ccc(-n2cnc3c(sc4nccc(NC5CCCCC5)c43)c2=O)cc1. The highest BCUT2D eigenvalue weighted by atomic mass is 32.1. The van der Waals surface area contributed by atoms with Crippen molar-refractivity contribution in [1.29, 1.82) is 0 Å². The maximum atomic E-state index is 13.2. The number of pyridine rings is 1. The number of benzene rings is 1. The van der Waals surface area contributed by atoms with E-state index in [0.29, 0.717) is 10.7 Å². The molecule has 1 aliphatic rings. The normalized spacial score (nSPS) is 15.3. The van der Waals surface area contributed by atoms with E-state index >= 15 is 0 Å². The van der Waals surface area contributed by atoms with Crippen molar-refractivity contribution in [2.24, 2.45) is 0 Å². The third kappa shape index (κ3) is 2.98. The molecule has 3 heterocycles. The van der Waals surface area contributed by atoms with E-state index in [4.69, 9.17) is 0 Å². The zero-order valence-electron chi connectivity index (χ0n) is 15.8. The Hall–Kier alpha value is -2.73. The molecule has 28 heavy (non-hydrogen) atoms. The molecule has 5 rings (SSSR count). The molecule has 1 N–H and O–H groups in total. The summed E-state index contributed by atoms with van der Waals surface area (Å²) in [7, 11) is 0. The Bertz CT molecular complexity index is 1200. The number of aryl methyl sites for hydroxylation is 1. The maximum absolute atomic E-state index is 13.2. The first-order valence-electron chi connectivity index (χ1n) is 9.83. The Morgan fingerprint density at radius 3 is 2.64 bits per heavy atom. The van der Waals surface area contributed by atoms with E-state index in [1.807, 2.05) is 43.5 Å². The van der Waals surface area contributed by atoms with Gasteiger partial charge in [0.25, 0.3) is 5.56 Å². The Morgan fingerprint density at radius 1 is 1.07 bits per heavy atom. The number of rotatable bonds is 3. The maximum Gasteiger partial charge on any atom is 0.275 e. The second-order valence-electron chi connectivity index (χ2n) is 7.55. The molecule has 1 fully saturated rings. The van der Waals surface area contributed by atoms with Crippen molar-refractivity contribution >= 4 is 37.5 Å². The molecule has 1 aliphatic carbocycles. The van der Waals surface area contributed by atoms with Crippen LogP contribution in [-0.2, 0) is 0 Å². The van der Waals surface area contributed by atoms with Gasteiger partial charge in [0.15, 0.2) is 0 Å². The second kappa shape index (κ2) is 7.02. The molecule has 0 aliphatic heterocycles. The fraction of sp³-hybridized carbons (Fsp3) is 0.318. The van der Waals surface area contributed by atoms with E-state index < -0.39 is 0 Å². The van der Waals surface area contributed by atoms with Crippen LogP contribution in [0.2, 0.25) is 0 Å². The number of nitrogens with zero attached hydrogens (tertiary/aromatic N) is 3. The van der Waals surface area contributed by atoms with E-state index in [-0.39, 0.29) is 5.56 Å². The summed E-state index contributed by atoms with van der Waals surface area (Å²) in [4.78, 5) is 23.2. The Morgan fingerprint density at radius 2 is 1.86 bits per heavy atom. The molecule has 0 amide bonds. The van der Waals surface area contributed by atoms with Gasteiger partial charge in [-0.3, -0.25) is 9.36 Å². The Balaban J connectivity index is 1.64. The minimum absolute atomic E-state index is 0.0412. The van der Waals surface area contributed by atoms with Crippen LogP contribution in [0, 0.1) is 6.92 Å². The quantitative estimate of drug-likeness (QED) is 0.532. The first-order valence-corrected chi connectivity index (χ1v) is 10.6. The Kier molecular flexibility index (Phi) is 4.36. The minimum Gasteiger partial charge on any atom is -0.382 e. The summed E-state index contributed by atoms with van der Waals surface area (Å²) in [5.74, 6) is 0. The first-order chi connectivity index (χ1) is 13.7. The van der Waals surface area contributed by atoms with Gasteiger partial charge in [-0.15, -0.1) is 11.3 Å². The molecule has 142 valence electrons. The van der Waals surface area contributed by atoms with E-state index in [1.165, 1.54) is 43.4 Å². The van der Waals surface area contributed by atoms with Crippen LogP contribution in [0.25, 0.3) is 26.1 Å². The third-order valence-corrected chi connectivity index (χ3v) is 6.63. The van der Waals surface area contributed by atoms with Gasteiger partial charge in [0.1, 0.15) is 15.9 Å². The number of nitrogens with one attached hydrogen (secondary N) is 1. The van der Waals surface area contributed by atoms with Gasteiger partial charge in [-0.1, -0.05) is 37.0 Å². The number of thiophene rings is 1. The summed E-state index contributed by atoms with van der Waals surface area (Å²) in [6.07, 6.45) is 9.72. The zero-order valence-corrected chi connectivity index (χ0v) is 16.6. The smallest absolute Gasteiger partial charge is 0.275 e. The molecule has 4 aromatic rings. The number of hydrogen-bond donors (Lipinski definition) is 1. The van der Waals surface area contributed by atoms with Gasteiger partial charge in [-0.25, -0.2) is 9.97 Å². The highest BCUT2D eigenvalue weighted by Gasteiger charge is 2.19. The fourth-order valence-corrected chi connectivity index (χ4v) is 5.08. The van der Waals surface area contributed by atoms with Gasteiger partial charge in [-0.05, 0) is 38.0 Å². The Labute approximate surface area is 167 Å². The van der Waals surface area contributed by atoms with Gasteiger partial charge in [0.2, 0.25) is 0 Å². The lowest BCUT2D eigenvalue weighted by Gasteiger charge is -2.24. The molecule has 0 unspecified atom stereocenters. The summed E-state index contributed by atoms with van der Waals surface area (Å²) in [5, 5.41) is 4.67. The number of fused-ring (bicyclic) bond motifs is 3. The van der Waals surface area contributed by atoms with Gasteiger partial charge < -0.3 is 5.32 Å². The number of anilines is 1. The molecule has 6 heteroatoms. The molecule has 3 aromatic heterocycles. The van der Waals surface area contributed by atoms with Crippen LogP contribution in [0.4, 0.5) is 5.69 Å². The summed E-state index contributed by atoms with van der Waals surface area (Å²) < 4.78 is 2.27. The molecular formula is C22H22N4OS. The van der Waals surface area contributed by atoms with E-state index in [0.717, 1.165) is 32.7 Å². The minimum atomic E-state index is -0.0412. The largest absolute Gasteiger partial charge is 0.382 e. The van der Waals surface area contributed by atoms with Crippen molar-refractivity contribution in [2.75, 3.05) is 5.32 Å². The lowest BCUT2D eigenvalue weighted by Crippen LogP contribution is -2.22. The molecule has 1 saturated carbocycles. The number of hydrogen-bond acceptors (Lipinski definition) is 5. The molecule has 1 aromatic carbocycles. The van der Waals surface area contributed by atoms with E-state index in [1.54, 1.807) is 10.9 Å². The average Bonchev–Trinajstić information content (AvgIpc) is 3.11. The van der Waals surface area contributed by atoms with Crippen molar-refractivity contribution in [2.45, 2.75) is 45.1 Å². The van der Waals surface area contributed by atoms with Crippen LogP contribution in [0.15, 0.2) is 47.7 Å². The highest BCUT2D eigenvalue weighted by Crippen LogP contribution is 2.35. The van der Waals surface area contributed by atoms with Crippen LogP contribution in [0.1, 0.15) is 37.7 Å². The second-order valence-corrected chi connectivity index (χ2v) is 8.55. The third-order valence-electron chi connectivity index (χ3n) is 5.56. The van der Waals surface area contributed by atoms with Crippen LogP contribution in [0.5, 0.6) is 0 Å². The highest BCUT2D eigenvalue weighted by molar-refractivity contribution is 7.25. The summed E-state index contributed by atoms with van der Waals surface area (Å²) >= 11 is 1.43. The van der Waals surface area contributed by atoms with Crippen molar-refractivity contribution in [3.05, 3.63) is 58.8 Å². The van der Waals surface area contributed by atoms with Crippen LogP contribution in [0.3, 0.4) is 0 Å². The van der Waals surface area contributed by atoms with Gasteiger partial charge in [0, 0.05) is 17.9 Å². The molecule has 5 nitrogen and oxygen atoms in total. The van der Waals surface area contributed by atoms with Gasteiger partial charge in [-0.2, -0.15) is 0 Å². The topological polar surface area (TPSA) is 59.8 Å². The van der Waals surface area contributed by atoms with Gasteiger partial charge in [0.05, 0.1) is 16.6 Å².